The number of nitrogen functional groups attached to an aromatic ring is 1. The molecule has 5 aromatic heterocycles. The summed E-state index contributed by atoms with van der Waals surface area (Å²) in [5.41, 5.74) is 1.73. The fourth-order valence-corrected chi connectivity index (χ4v) is 3.51. The quantitative estimate of drug-likeness (QED) is 0.226. The lowest BCUT2D eigenvalue weighted by atomic mass is 10.1. The average molecular weight is 620 g/mol. The highest BCUT2D eigenvalue weighted by atomic mass is 19.4. The maximum atomic E-state index is 13.3. The molecule has 0 unspecified atom stereocenters. The van der Waals surface area contributed by atoms with Crippen molar-refractivity contribution in [2.24, 2.45) is 0 Å². The Kier molecular flexibility index (Phi) is 9.06. The van der Waals surface area contributed by atoms with E-state index in [-0.39, 0.29) is 28.1 Å². The number of halogens is 8. The van der Waals surface area contributed by atoms with Crippen LogP contribution in [-0.4, -0.2) is 35.8 Å². The molecular weight excluding hydrogens is 604 g/mol. The normalized spacial score (nSPS) is 11.4. The fourth-order valence-electron chi connectivity index (χ4n) is 3.51. The highest BCUT2D eigenvalue weighted by Gasteiger charge is 2.37. The van der Waals surface area contributed by atoms with E-state index in [4.69, 9.17) is 5.73 Å². The molecule has 9 nitrogen and oxygen atoms in total. The molecule has 5 aromatic rings. The molecule has 0 aliphatic carbocycles. The predicted molar refractivity (Wildman–Crippen MR) is 139 cm³/mol. The number of anilines is 2. The van der Waals surface area contributed by atoms with Crippen LogP contribution in [0.15, 0.2) is 79.9 Å². The maximum absolute atomic E-state index is 13.3. The minimum absolute atomic E-state index is 0.0148. The Labute approximate surface area is 241 Å². The van der Waals surface area contributed by atoms with E-state index in [1.54, 1.807) is 0 Å². The number of nitrogens with one attached hydrogen (secondary N) is 1. The second-order valence-corrected chi connectivity index (χ2v) is 8.59. The minimum Gasteiger partial charge on any atom is -0.397 e. The Bertz CT molecular complexity index is 1780. The van der Waals surface area contributed by atoms with Crippen LogP contribution in [0, 0.1) is 11.6 Å². The van der Waals surface area contributed by atoms with E-state index >= 15 is 0 Å². The Hall–Kier alpha value is -5.61. The van der Waals surface area contributed by atoms with Gasteiger partial charge in [-0.25, -0.2) is 28.7 Å². The summed E-state index contributed by atoms with van der Waals surface area (Å²) in [7, 11) is 0. The van der Waals surface area contributed by atoms with Crippen molar-refractivity contribution in [3.63, 3.8) is 0 Å². The molecule has 5 heterocycles. The molecule has 3 N–H and O–H groups in total. The van der Waals surface area contributed by atoms with Crippen LogP contribution in [-0.2, 0) is 12.4 Å². The summed E-state index contributed by atoms with van der Waals surface area (Å²) < 4.78 is 104. The van der Waals surface area contributed by atoms with Crippen LogP contribution in [0.25, 0.3) is 22.5 Å². The molecule has 0 saturated carbocycles. The SMILES string of the molecule is Nc1ccc(-c2cncc(F)c2)nc1C(F)(F)F.O=C(Nc1ccc(-c2cncc(F)c2)nc1C(F)(F)F)c1cncnc1. The van der Waals surface area contributed by atoms with Crippen LogP contribution in [0.1, 0.15) is 21.7 Å². The molecule has 0 saturated heterocycles. The molecule has 44 heavy (non-hydrogen) atoms. The van der Waals surface area contributed by atoms with E-state index < -0.39 is 52.7 Å². The molecule has 0 atom stereocenters. The molecule has 17 heteroatoms. The van der Waals surface area contributed by atoms with Crippen LogP contribution >= 0.6 is 0 Å². The first-order valence-electron chi connectivity index (χ1n) is 11.9. The summed E-state index contributed by atoms with van der Waals surface area (Å²) in [5.74, 6) is -2.18. The molecule has 226 valence electrons. The number of hydrogen-bond donors (Lipinski definition) is 2. The van der Waals surface area contributed by atoms with E-state index in [1.807, 2.05) is 0 Å². The molecule has 0 aromatic carbocycles. The molecule has 0 radical (unpaired) electrons. The van der Waals surface area contributed by atoms with Crippen LogP contribution in [0.3, 0.4) is 0 Å². The van der Waals surface area contributed by atoms with Gasteiger partial charge in [-0.3, -0.25) is 14.8 Å². The second-order valence-electron chi connectivity index (χ2n) is 8.59. The molecule has 5 rings (SSSR count). The van der Waals surface area contributed by atoms with Crippen molar-refractivity contribution in [2.75, 3.05) is 11.1 Å². The van der Waals surface area contributed by atoms with Gasteiger partial charge >= 0.3 is 12.4 Å². The minimum atomic E-state index is -4.84. The third kappa shape index (κ3) is 7.81. The zero-order valence-corrected chi connectivity index (χ0v) is 21.7. The molecular formula is C27H16F8N8O. The van der Waals surface area contributed by atoms with Crippen molar-refractivity contribution in [3.05, 3.63) is 108 Å². The molecule has 0 fully saturated rings. The standard InChI is InChI=1S/C16H9F4N5O.C11H7F4N3/c17-11-3-9(4-21-7-11)12-1-2-13(14(24-12)16(18,19)20)25-15(26)10-5-22-8-23-6-10;12-7-3-6(4-17-5-7)9-2-1-8(16)10(18-9)11(13,14)15/h1-8H,(H,25,26);1-5H,16H2. The van der Waals surface area contributed by atoms with E-state index in [9.17, 15) is 39.9 Å². The van der Waals surface area contributed by atoms with Crippen LogP contribution in [0.2, 0.25) is 0 Å². The van der Waals surface area contributed by atoms with E-state index in [0.29, 0.717) is 0 Å². The first kappa shape index (κ1) is 31.3. The number of carbonyl (C=O) groups excluding carboxylic acids is 1. The fraction of sp³-hybridized carbons (Fsp3) is 0.0741. The van der Waals surface area contributed by atoms with Crippen molar-refractivity contribution < 1.29 is 39.9 Å². The average Bonchev–Trinajstić information content (AvgIpc) is 2.97. The van der Waals surface area contributed by atoms with Crippen LogP contribution in [0.5, 0.6) is 0 Å². The summed E-state index contributed by atoms with van der Waals surface area (Å²) in [6.45, 7) is 0. The highest BCUT2D eigenvalue weighted by molar-refractivity contribution is 6.04. The summed E-state index contributed by atoms with van der Waals surface area (Å²) in [6, 6.07) is 6.68. The summed E-state index contributed by atoms with van der Waals surface area (Å²) >= 11 is 0. The number of rotatable bonds is 4. The lowest BCUT2D eigenvalue weighted by molar-refractivity contribution is -0.141. The van der Waals surface area contributed by atoms with Crippen LogP contribution < -0.4 is 11.1 Å². The summed E-state index contributed by atoms with van der Waals surface area (Å²) in [4.78, 5) is 33.4. The summed E-state index contributed by atoms with van der Waals surface area (Å²) in [5, 5.41) is 2.13. The molecule has 1 amide bonds. The maximum Gasteiger partial charge on any atom is 0.435 e. The number of hydrogen-bond acceptors (Lipinski definition) is 8. The van der Waals surface area contributed by atoms with Crippen molar-refractivity contribution >= 4 is 17.3 Å². The number of aromatic nitrogens is 6. The number of alkyl halides is 6. The number of nitrogens with zero attached hydrogens (tertiary/aromatic N) is 6. The van der Waals surface area contributed by atoms with Gasteiger partial charge in [-0.15, -0.1) is 0 Å². The molecule has 0 aliphatic heterocycles. The Balaban J connectivity index is 0.000000215. The van der Waals surface area contributed by atoms with Crippen LogP contribution in [0.4, 0.5) is 46.5 Å². The molecule has 0 spiro atoms. The van der Waals surface area contributed by atoms with Crippen molar-refractivity contribution in [2.45, 2.75) is 12.4 Å². The highest BCUT2D eigenvalue weighted by Crippen LogP contribution is 2.36. The Morgan fingerprint density at radius 1 is 0.659 bits per heavy atom. The topological polar surface area (TPSA) is 132 Å². The van der Waals surface area contributed by atoms with Gasteiger partial charge < -0.3 is 11.1 Å². The molecule has 0 aliphatic rings. The smallest absolute Gasteiger partial charge is 0.397 e. The van der Waals surface area contributed by atoms with Gasteiger partial charge in [0.15, 0.2) is 11.4 Å². The van der Waals surface area contributed by atoms with Crippen molar-refractivity contribution in [3.8, 4) is 22.5 Å². The zero-order chi connectivity index (χ0) is 32.1. The van der Waals surface area contributed by atoms with Gasteiger partial charge in [-0.2, -0.15) is 26.3 Å². The van der Waals surface area contributed by atoms with Crippen molar-refractivity contribution in [1.82, 2.24) is 29.9 Å². The Morgan fingerprint density at radius 3 is 1.66 bits per heavy atom. The van der Waals surface area contributed by atoms with Gasteiger partial charge in [0.25, 0.3) is 5.91 Å². The first-order valence-corrected chi connectivity index (χ1v) is 11.9. The Morgan fingerprint density at radius 2 is 1.16 bits per heavy atom. The van der Waals surface area contributed by atoms with E-state index in [2.05, 4.69) is 35.2 Å². The van der Waals surface area contributed by atoms with Gasteiger partial charge in [0.2, 0.25) is 0 Å². The van der Waals surface area contributed by atoms with Crippen molar-refractivity contribution in [1.29, 1.82) is 0 Å². The first-order chi connectivity index (χ1) is 20.7. The largest absolute Gasteiger partial charge is 0.435 e. The second kappa shape index (κ2) is 12.7. The van der Waals surface area contributed by atoms with Gasteiger partial charge in [0.05, 0.1) is 40.7 Å². The zero-order valence-electron chi connectivity index (χ0n) is 21.7. The number of amides is 1. The number of carbonyl (C=O) groups is 1. The van der Waals surface area contributed by atoms with E-state index in [0.717, 1.165) is 49.1 Å². The lowest BCUT2D eigenvalue weighted by Crippen LogP contribution is -2.18. The van der Waals surface area contributed by atoms with E-state index in [1.165, 1.54) is 30.9 Å². The third-order valence-corrected chi connectivity index (χ3v) is 5.43. The summed E-state index contributed by atoms with van der Waals surface area (Å²) in [6.07, 6.45) is -1.70. The van der Waals surface area contributed by atoms with Gasteiger partial charge in [-0.05, 0) is 36.4 Å². The number of pyridine rings is 4. The van der Waals surface area contributed by atoms with Gasteiger partial charge in [-0.1, -0.05) is 0 Å². The monoisotopic (exact) mass is 620 g/mol. The number of nitrogens with two attached hydrogens (primary N) is 1. The third-order valence-electron chi connectivity index (χ3n) is 5.43. The van der Waals surface area contributed by atoms with Gasteiger partial charge in [0, 0.05) is 35.9 Å². The van der Waals surface area contributed by atoms with Gasteiger partial charge in [0.1, 0.15) is 18.0 Å². The molecule has 0 bridgehead atoms. The lowest BCUT2D eigenvalue weighted by Gasteiger charge is -2.14. The predicted octanol–water partition coefficient (Wildman–Crippen LogP) is 6.23.